The van der Waals surface area contributed by atoms with Crippen molar-refractivity contribution in [2.75, 3.05) is 13.2 Å². The van der Waals surface area contributed by atoms with Gasteiger partial charge in [-0.2, -0.15) is 0 Å². The zero-order valence-corrected chi connectivity index (χ0v) is 12.9. The van der Waals surface area contributed by atoms with Crippen molar-refractivity contribution in [3.05, 3.63) is 28.7 Å². The number of amides is 1. The molecule has 20 heavy (non-hydrogen) atoms. The van der Waals surface area contributed by atoms with E-state index in [0.29, 0.717) is 25.1 Å². The van der Waals surface area contributed by atoms with Crippen LogP contribution in [0, 0.1) is 5.92 Å². The van der Waals surface area contributed by atoms with E-state index in [-0.39, 0.29) is 18.4 Å². The molecule has 110 valence electrons. The van der Waals surface area contributed by atoms with Crippen LogP contribution in [0.4, 0.5) is 0 Å². The molecule has 6 heteroatoms. The topological polar surface area (TPSA) is 75.6 Å². The zero-order valence-electron chi connectivity index (χ0n) is 11.3. The first-order valence-corrected chi connectivity index (χ1v) is 7.16. The van der Waals surface area contributed by atoms with Crippen molar-refractivity contribution in [1.29, 1.82) is 0 Å². The van der Waals surface area contributed by atoms with Crippen molar-refractivity contribution in [2.45, 2.75) is 19.8 Å². The van der Waals surface area contributed by atoms with Gasteiger partial charge in [-0.15, -0.1) is 0 Å². The van der Waals surface area contributed by atoms with Crippen LogP contribution in [-0.2, 0) is 9.59 Å². The summed E-state index contributed by atoms with van der Waals surface area (Å²) in [6.07, 6.45) is 1.18. The lowest BCUT2D eigenvalue weighted by Crippen LogP contribution is -2.30. The van der Waals surface area contributed by atoms with Gasteiger partial charge in [-0.05, 0) is 31.0 Å². The van der Waals surface area contributed by atoms with Crippen LogP contribution in [-0.4, -0.2) is 30.1 Å². The molecule has 0 aliphatic carbocycles. The number of ether oxygens (including phenoxy) is 1. The summed E-state index contributed by atoms with van der Waals surface area (Å²) in [6, 6.07) is 7.25. The second kappa shape index (κ2) is 8.58. The van der Waals surface area contributed by atoms with Gasteiger partial charge in [-0.1, -0.05) is 28.9 Å². The van der Waals surface area contributed by atoms with E-state index >= 15 is 0 Å². The summed E-state index contributed by atoms with van der Waals surface area (Å²) in [5.41, 5.74) is 0. The zero-order chi connectivity index (χ0) is 15.0. The van der Waals surface area contributed by atoms with Crippen molar-refractivity contribution < 1.29 is 19.4 Å². The van der Waals surface area contributed by atoms with E-state index in [2.05, 4.69) is 21.2 Å². The van der Waals surface area contributed by atoms with E-state index in [0.717, 1.165) is 4.47 Å². The summed E-state index contributed by atoms with van der Waals surface area (Å²) < 4.78 is 6.22. The molecule has 0 saturated heterocycles. The summed E-state index contributed by atoms with van der Waals surface area (Å²) in [5.74, 6) is -0.791. The van der Waals surface area contributed by atoms with Gasteiger partial charge < -0.3 is 15.2 Å². The van der Waals surface area contributed by atoms with Gasteiger partial charge in [0, 0.05) is 11.0 Å². The molecule has 0 aliphatic rings. The first kappa shape index (κ1) is 16.5. The van der Waals surface area contributed by atoms with Crippen LogP contribution in [0.3, 0.4) is 0 Å². The quantitative estimate of drug-likeness (QED) is 0.711. The molecule has 2 N–H and O–H groups in total. The number of carboxylic acids is 1. The van der Waals surface area contributed by atoms with Crippen molar-refractivity contribution in [3.63, 3.8) is 0 Å². The molecule has 0 aliphatic heterocycles. The molecule has 1 rings (SSSR count). The number of carbonyl (C=O) groups is 2. The molecule has 0 fully saturated rings. The number of rotatable bonds is 8. The molecular formula is C14H18BrNO4. The van der Waals surface area contributed by atoms with Gasteiger partial charge in [-0.3, -0.25) is 9.59 Å². The predicted molar refractivity (Wildman–Crippen MR) is 78.7 cm³/mol. The molecule has 0 aromatic heterocycles. The van der Waals surface area contributed by atoms with Gasteiger partial charge in [-0.25, -0.2) is 0 Å². The van der Waals surface area contributed by atoms with Crippen molar-refractivity contribution >= 4 is 27.8 Å². The average molecular weight is 344 g/mol. The predicted octanol–water partition coefficient (Wildman–Crippen LogP) is 2.45. The highest BCUT2D eigenvalue weighted by atomic mass is 79.9. The van der Waals surface area contributed by atoms with E-state index < -0.39 is 5.97 Å². The maximum atomic E-state index is 11.5. The van der Waals surface area contributed by atoms with Gasteiger partial charge >= 0.3 is 5.97 Å². The van der Waals surface area contributed by atoms with Crippen LogP contribution >= 0.6 is 15.9 Å². The van der Waals surface area contributed by atoms with E-state index in [9.17, 15) is 9.59 Å². The van der Waals surface area contributed by atoms with E-state index in [4.69, 9.17) is 9.84 Å². The lowest BCUT2D eigenvalue weighted by molar-refractivity contribution is -0.141. The van der Waals surface area contributed by atoms with E-state index in [1.54, 1.807) is 19.1 Å². The molecule has 0 saturated carbocycles. The van der Waals surface area contributed by atoms with E-state index in [1.807, 2.05) is 12.1 Å². The molecular weight excluding hydrogens is 326 g/mol. The highest BCUT2D eigenvalue weighted by Crippen LogP contribution is 2.17. The fraction of sp³-hybridized carbons (Fsp3) is 0.429. The summed E-state index contributed by atoms with van der Waals surface area (Å²) in [7, 11) is 0. The minimum atomic E-state index is -0.811. The number of halogens is 1. The molecule has 5 nitrogen and oxygen atoms in total. The number of carbonyl (C=O) groups excluding carboxylic acids is 1. The smallest absolute Gasteiger partial charge is 0.306 e. The lowest BCUT2D eigenvalue weighted by Gasteiger charge is -2.09. The molecule has 1 atom stereocenters. The number of aliphatic carboxylic acids is 1. The summed E-state index contributed by atoms with van der Waals surface area (Å²) >= 11 is 3.32. The Morgan fingerprint density at radius 1 is 1.45 bits per heavy atom. The molecule has 0 heterocycles. The Labute approximate surface area is 126 Å². The second-order valence-electron chi connectivity index (χ2n) is 4.48. The maximum absolute atomic E-state index is 11.5. The molecule has 0 spiro atoms. The minimum absolute atomic E-state index is 0.0507. The molecule has 0 radical (unpaired) electrons. The SMILES string of the molecule is CC(CCCNC(=O)COc1cccc(Br)c1)C(=O)O. The van der Waals surface area contributed by atoms with Crippen LogP contribution in [0.1, 0.15) is 19.8 Å². The number of hydrogen-bond donors (Lipinski definition) is 2. The standard InChI is InChI=1S/C14H18BrNO4/c1-10(14(18)19)4-3-7-16-13(17)9-20-12-6-2-5-11(15)8-12/h2,5-6,8,10H,3-4,7,9H2,1H3,(H,16,17)(H,18,19). The number of benzene rings is 1. The molecule has 1 amide bonds. The van der Waals surface area contributed by atoms with Crippen LogP contribution in [0.25, 0.3) is 0 Å². The van der Waals surface area contributed by atoms with Crippen molar-refractivity contribution in [1.82, 2.24) is 5.32 Å². The maximum Gasteiger partial charge on any atom is 0.306 e. The second-order valence-corrected chi connectivity index (χ2v) is 5.39. The highest BCUT2D eigenvalue weighted by Gasteiger charge is 2.10. The Bertz CT molecular complexity index is 464. The number of carboxylic acid groups (broad SMARTS) is 1. The molecule has 1 aromatic rings. The Balaban J connectivity index is 2.16. The largest absolute Gasteiger partial charge is 0.484 e. The van der Waals surface area contributed by atoms with Crippen LogP contribution in [0.2, 0.25) is 0 Å². The fourth-order valence-corrected chi connectivity index (χ4v) is 1.89. The monoisotopic (exact) mass is 343 g/mol. The number of hydrogen-bond acceptors (Lipinski definition) is 3. The minimum Gasteiger partial charge on any atom is -0.484 e. The third-order valence-electron chi connectivity index (χ3n) is 2.72. The first-order chi connectivity index (χ1) is 9.49. The van der Waals surface area contributed by atoms with Crippen molar-refractivity contribution in [3.8, 4) is 5.75 Å². The van der Waals surface area contributed by atoms with Gasteiger partial charge in [0.2, 0.25) is 0 Å². The van der Waals surface area contributed by atoms with Gasteiger partial charge in [0.05, 0.1) is 5.92 Å². The third-order valence-corrected chi connectivity index (χ3v) is 3.22. The fourth-order valence-electron chi connectivity index (χ4n) is 1.52. The van der Waals surface area contributed by atoms with Crippen LogP contribution < -0.4 is 10.1 Å². The van der Waals surface area contributed by atoms with Gasteiger partial charge in [0.25, 0.3) is 5.91 Å². The molecule has 1 aromatic carbocycles. The van der Waals surface area contributed by atoms with E-state index in [1.165, 1.54) is 0 Å². The normalized spacial score (nSPS) is 11.7. The molecule has 0 bridgehead atoms. The van der Waals surface area contributed by atoms with Gasteiger partial charge in [0.1, 0.15) is 5.75 Å². The Morgan fingerprint density at radius 2 is 2.20 bits per heavy atom. The highest BCUT2D eigenvalue weighted by molar-refractivity contribution is 9.10. The summed E-state index contributed by atoms with van der Waals surface area (Å²) in [6.45, 7) is 2.06. The van der Waals surface area contributed by atoms with Gasteiger partial charge in [0.15, 0.2) is 6.61 Å². The third kappa shape index (κ3) is 6.56. The number of nitrogens with one attached hydrogen (secondary N) is 1. The summed E-state index contributed by atoms with van der Waals surface area (Å²) in [4.78, 5) is 22.1. The Hall–Kier alpha value is -1.56. The van der Waals surface area contributed by atoms with Crippen LogP contribution in [0.15, 0.2) is 28.7 Å². The lowest BCUT2D eigenvalue weighted by atomic mass is 10.1. The van der Waals surface area contributed by atoms with Crippen molar-refractivity contribution in [2.24, 2.45) is 5.92 Å². The van der Waals surface area contributed by atoms with Crippen LogP contribution in [0.5, 0.6) is 5.75 Å². The summed E-state index contributed by atoms with van der Waals surface area (Å²) in [5, 5.41) is 11.4. The Morgan fingerprint density at radius 3 is 2.85 bits per heavy atom. The Kier molecular flexibility index (Phi) is 7.08. The molecule has 1 unspecified atom stereocenters. The average Bonchev–Trinajstić information content (AvgIpc) is 2.41. The first-order valence-electron chi connectivity index (χ1n) is 6.37.